The zero-order valence-electron chi connectivity index (χ0n) is 14.0. The Labute approximate surface area is 153 Å². The first-order valence-electron chi connectivity index (χ1n) is 8.53. The Balaban J connectivity index is 1.77. The second-order valence-corrected chi connectivity index (χ2v) is 6.52. The van der Waals surface area contributed by atoms with Crippen molar-refractivity contribution in [2.45, 2.75) is 12.2 Å². The molecule has 2 aromatic rings. The summed E-state index contributed by atoms with van der Waals surface area (Å²) in [4.78, 5) is 15.9. The van der Waals surface area contributed by atoms with Crippen molar-refractivity contribution < 1.29 is 9.18 Å². The van der Waals surface area contributed by atoms with Gasteiger partial charge in [-0.2, -0.15) is 0 Å². The minimum atomic E-state index is -1.60. The summed E-state index contributed by atoms with van der Waals surface area (Å²) in [5.74, 6) is -0.777. The lowest BCUT2D eigenvalue weighted by Crippen LogP contribution is -2.52. The van der Waals surface area contributed by atoms with E-state index in [2.05, 4.69) is 29.2 Å². The molecule has 1 saturated heterocycles. The first-order chi connectivity index (χ1) is 12.2. The van der Waals surface area contributed by atoms with Crippen molar-refractivity contribution >= 4 is 17.5 Å². The van der Waals surface area contributed by atoms with Crippen LogP contribution in [0.5, 0.6) is 0 Å². The standard InChI is InChI=1S/C20H22ClFN2O/c21-15-18(22)20(25)24-13-11-23(12-14-24)19(16-7-3-1-4-8-16)17-9-5-2-6-10-17/h1-10,18-19H,11-15H2/t18-/m0/s1. The number of hydrogen-bond donors (Lipinski definition) is 0. The van der Waals surface area contributed by atoms with Crippen molar-refractivity contribution in [2.24, 2.45) is 0 Å². The van der Waals surface area contributed by atoms with E-state index in [9.17, 15) is 9.18 Å². The molecule has 1 aliphatic rings. The molecule has 3 nitrogen and oxygen atoms in total. The zero-order chi connectivity index (χ0) is 17.6. The van der Waals surface area contributed by atoms with Gasteiger partial charge in [0.2, 0.25) is 0 Å². The van der Waals surface area contributed by atoms with Crippen LogP contribution in [0.4, 0.5) is 4.39 Å². The summed E-state index contributed by atoms with van der Waals surface area (Å²) in [5.41, 5.74) is 2.44. The highest BCUT2D eigenvalue weighted by Crippen LogP contribution is 2.29. The Morgan fingerprint density at radius 1 is 0.920 bits per heavy atom. The Morgan fingerprint density at radius 3 is 1.84 bits per heavy atom. The van der Waals surface area contributed by atoms with Crippen LogP contribution in [-0.2, 0) is 4.79 Å². The molecule has 0 bridgehead atoms. The fourth-order valence-corrected chi connectivity index (χ4v) is 3.48. The number of carbonyl (C=O) groups excluding carboxylic acids is 1. The quantitative estimate of drug-likeness (QED) is 0.762. The molecule has 1 heterocycles. The lowest BCUT2D eigenvalue weighted by Gasteiger charge is -2.40. The largest absolute Gasteiger partial charge is 0.338 e. The summed E-state index contributed by atoms with van der Waals surface area (Å²) < 4.78 is 13.6. The summed E-state index contributed by atoms with van der Waals surface area (Å²) in [7, 11) is 0. The van der Waals surface area contributed by atoms with Gasteiger partial charge < -0.3 is 4.90 Å². The highest BCUT2D eigenvalue weighted by molar-refractivity contribution is 6.19. The molecule has 2 aromatic carbocycles. The minimum Gasteiger partial charge on any atom is -0.338 e. The van der Waals surface area contributed by atoms with Gasteiger partial charge in [-0.05, 0) is 11.1 Å². The Bertz CT molecular complexity index is 635. The average Bonchev–Trinajstić information content (AvgIpc) is 2.69. The van der Waals surface area contributed by atoms with E-state index in [0.717, 1.165) is 0 Å². The monoisotopic (exact) mass is 360 g/mol. The summed E-state index contributed by atoms with van der Waals surface area (Å²) in [6.45, 7) is 2.45. The number of carbonyl (C=O) groups is 1. The van der Waals surface area contributed by atoms with Gasteiger partial charge in [-0.1, -0.05) is 60.7 Å². The molecule has 1 aliphatic heterocycles. The number of nitrogens with zero attached hydrogens (tertiary/aromatic N) is 2. The third-order valence-corrected chi connectivity index (χ3v) is 4.90. The van der Waals surface area contributed by atoms with Crippen molar-refractivity contribution in [3.63, 3.8) is 0 Å². The topological polar surface area (TPSA) is 23.6 Å². The first kappa shape index (κ1) is 17.9. The fraction of sp³-hybridized carbons (Fsp3) is 0.350. The lowest BCUT2D eigenvalue weighted by atomic mass is 9.96. The van der Waals surface area contributed by atoms with Crippen LogP contribution >= 0.6 is 11.6 Å². The number of amides is 1. The molecule has 1 amide bonds. The maximum Gasteiger partial charge on any atom is 0.258 e. The summed E-state index contributed by atoms with van der Waals surface area (Å²) in [6.07, 6.45) is -1.60. The molecule has 0 saturated carbocycles. The van der Waals surface area contributed by atoms with Gasteiger partial charge in [-0.25, -0.2) is 4.39 Å². The van der Waals surface area contributed by atoms with Crippen molar-refractivity contribution in [3.8, 4) is 0 Å². The number of benzene rings is 2. The van der Waals surface area contributed by atoms with E-state index in [1.807, 2.05) is 36.4 Å². The van der Waals surface area contributed by atoms with Crippen LogP contribution in [0.15, 0.2) is 60.7 Å². The molecule has 1 atom stereocenters. The molecule has 132 valence electrons. The second kappa shape index (κ2) is 8.45. The summed E-state index contributed by atoms with van der Waals surface area (Å²) >= 11 is 5.47. The Hall–Kier alpha value is -1.91. The number of piperazine rings is 1. The smallest absolute Gasteiger partial charge is 0.258 e. The van der Waals surface area contributed by atoms with Gasteiger partial charge in [-0.15, -0.1) is 11.6 Å². The normalized spacial score (nSPS) is 16.8. The van der Waals surface area contributed by atoms with Crippen molar-refractivity contribution in [1.29, 1.82) is 0 Å². The molecule has 0 unspecified atom stereocenters. The minimum absolute atomic E-state index is 0.133. The van der Waals surface area contributed by atoms with Crippen LogP contribution in [0, 0.1) is 0 Å². The van der Waals surface area contributed by atoms with Gasteiger partial charge in [0.25, 0.3) is 5.91 Å². The van der Waals surface area contributed by atoms with Crippen molar-refractivity contribution in [2.75, 3.05) is 32.1 Å². The van der Waals surface area contributed by atoms with Gasteiger partial charge in [-0.3, -0.25) is 9.69 Å². The van der Waals surface area contributed by atoms with Gasteiger partial charge >= 0.3 is 0 Å². The number of alkyl halides is 2. The van der Waals surface area contributed by atoms with E-state index in [4.69, 9.17) is 11.6 Å². The molecular weight excluding hydrogens is 339 g/mol. The van der Waals surface area contributed by atoms with Gasteiger partial charge in [0.1, 0.15) is 0 Å². The molecule has 0 aromatic heterocycles. The maximum absolute atomic E-state index is 13.6. The number of halogens is 2. The summed E-state index contributed by atoms with van der Waals surface area (Å²) in [6, 6.07) is 20.8. The maximum atomic E-state index is 13.6. The average molecular weight is 361 g/mol. The van der Waals surface area contributed by atoms with E-state index in [0.29, 0.717) is 26.2 Å². The molecule has 25 heavy (non-hydrogen) atoms. The predicted octanol–water partition coefficient (Wildman–Crippen LogP) is 3.50. The van der Waals surface area contributed by atoms with E-state index in [1.165, 1.54) is 11.1 Å². The lowest BCUT2D eigenvalue weighted by molar-refractivity contribution is -0.137. The molecular formula is C20H22ClFN2O. The molecule has 1 fully saturated rings. The first-order valence-corrected chi connectivity index (χ1v) is 9.07. The van der Waals surface area contributed by atoms with Crippen LogP contribution in [0.3, 0.4) is 0 Å². The fourth-order valence-electron chi connectivity index (χ4n) is 3.35. The SMILES string of the molecule is O=C([C@@H](F)CCl)N1CCN(C(c2ccccc2)c2ccccc2)CC1. The van der Waals surface area contributed by atoms with E-state index < -0.39 is 12.1 Å². The van der Waals surface area contributed by atoms with Gasteiger partial charge in [0.05, 0.1) is 11.9 Å². The van der Waals surface area contributed by atoms with Crippen molar-refractivity contribution in [1.82, 2.24) is 9.80 Å². The third-order valence-electron chi connectivity index (χ3n) is 4.63. The molecule has 5 heteroatoms. The predicted molar refractivity (Wildman–Crippen MR) is 98.5 cm³/mol. The van der Waals surface area contributed by atoms with E-state index in [1.54, 1.807) is 4.90 Å². The van der Waals surface area contributed by atoms with Crippen LogP contribution in [0.25, 0.3) is 0 Å². The van der Waals surface area contributed by atoms with E-state index in [-0.39, 0.29) is 11.9 Å². The molecule has 0 N–H and O–H groups in total. The molecule has 3 rings (SSSR count). The van der Waals surface area contributed by atoms with Crippen LogP contribution < -0.4 is 0 Å². The van der Waals surface area contributed by atoms with Crippen LogP contribution in [-0.4, -0.2) is 53.9 Å². The van der Waals surface area contributed by atoms with Crippen LogP contribution in [0.1, 0.15) is 17.2 Å². The molecule has 0 aliphatic carbocycles. The van der Waals surface area contributed by atoms with Crippen LogP contribution in [0.2, 0.25) is 0 Å². The van der Waals surface area contributed by atoms with Gasteiger partial charge in [0.15, 0.2) is 6.17 Å². The highest BCUT2D eigenvalue weighted by Gasteiger charge is 2.30. The van der Waals surface area contributed by atoms with Gasteiger partial charge in [0, 0.05) is 26.2 Å². The number of hydrogen-bond acceptors (Lipinski definition) is 2. The highest BCUT2D eigenvalue weighted by atomic mass is 35.5. The summed E-state index contributed by atoms with van der Waals surface area (Å²) in [5, 5.41) is 0. The Kier molecular flexibility index (Phi) is 6.05. The zero-order valence-corrected chi connectivity index (χ0v) is 14.8. The number of rotatable bonds is 5. The molecule has 0 spiro atoms. The molecule has 0 radical (unpaired) electrons. The van der Waals surface area contributed by atoms with Crippen molar-refractivity contribution in [3.05, 3.63) is 71.8 Å². The third kappa shape index (κ3) is 4.20. The van der Waals surface area contributed by atoms with E-state index >= 15 is 0 Å². The Morgan fingerprint density at radius 2 is 1.40 bits per heavy atom. The second-order valence-electron chi connectivity index (χ2n) is 6.21.